The molecule has 5 rings (SSSR count). The molecule has 7 nitrogen and oxygen atoms in total. The summed E-state index contributed by atoms with van der Waals surface area (Å²) in [5.41, 5.74) is 3.86. The maximum absolute atomic E-state index is 13.8. The molecule has 1 amide bonds. The first kappa shape index (κ1) is 23.1. The molecule has 2 aliphatic heterocycles. The number of amides is 1. The number of carbonyl (C=O) groups is 1. The third-order valence-electron chi connectivity index (χ3n) is 7.02. The van der Waals surface area contributed by atoms with Crippen molar-refractivity contribution in [3.63, 3.8) is 0 Å². The number of hydrogen-bond acceptors (Lipinski definition) is 5. The fourth-order valence-electron chi connectivity index (χ4n) is 5.09. The maximum atomic E-state index is 13.8. The highest BCUT2D eigenvalue weighted by Crippen LogP contribution is 2.39. The van der Waals surface area contributed by atoms with E-state index in [4.69, 9.17) is 0 Å². The number of para-hydroxylation sites is 1. The van der Waals surface area contributed by atoms with Crippen LogP contribution in [0.25, 0.3) is 10.7 Å². The van der Waals surface area contributed by atoms with Gasteiger partial charge >= 0.3 is 0 Å². The Morgan fingerprint density at radius 2 is 1.82 bits per heavy atom. The summed E-state index contributed by atoms with van der Waals surface area (Å²) in [5.74, 6) is 0.0298. The zero-order valence-electron chi connectivity index (χ0n) is 20.0. The summed E-state index contributed by atoms with van der Waals surface area (Å²) in [6.07, 6.45) is 3.93. The Kier molecular flexibility index (Phi) is 5.80. The van der Waals surface area contributed by atoms with Crippen LogP contribution in [0.15, 0.2) is 35.2 Å². The molecule has 34 heavy (non-hydrogen) atoms. The van der Waals surface area contributed by atoms with Crippen LogP contribution in [0.3, 0.4) is 0 Å². The van der Waals surface area contributed by atoms with E-state index in [0.29, 0.717) is 33.4 Å². The van der Waals surface area contributed by atoms with Crippen LogP contribution in [0.4, 0.5) is 5.69 Å². The highest BCUT2D eigenvalue weighted by Gasteiger charge is 2.38. The monoisotopic (exact) mass is 498 g/mol. The molecule has 0 bridgehead atoms. The molecule has 1 aromatic carbocycles. The zero-order valence-corrected chi connectivity index (χ0v) is 21.7. The van der Waals surface area contributed by atoms with Crippen molar-refractivity contribution in [2.75, 3.05) is 17.4 Å². The summed E-state index contributed by atoms with van der Waals surface area (Å²) in [7, 11) is -1.91. The summed E-state index contributed by atoms with van der Waals surface area (Å²) in [4.78, 5) is 20.6. The second-order valence-electron chi connectivity index (χ2n) is 9.31. The average Bonchev–Trinajstić information content (AvgIpc) is 3.47. The Morgan fingerprint density at radius 1 is 1.12 bits per heavy atom. The van der Waals surface area contributed by atoms with Gasteiger partial charge in [0.25, 0.3) is 15.9 Å². The molecule has 2 aliphatic rings. The predicted octanol–water partition coefficient (Wildman–Crippen LogP) is 4.53. The van der Waals surface area contributed by atoms with Gasteiger partial charge in [0, 0.05) is 31.9 Å². The second-order valence-corrected chi connectivity index (χ2v) is 12.1. The van der Waals surface area contributed by atoms with Gasteiger partial charge in [-0.2, -0.15) is 0 Å². The molecule has 1 fully saturated rings. The number of anilines is 1. The molecule has 0 aliphatic carbocycles. The van der Waals surface area contributed by atoms with Gasteiger partial charge in [-0.1, -0.05) is 18.2 Å². The molecule has 9 heteroatoms. The van der Waals surface area contributed by atoms with Crippen LogP contribution in [-0.2, 0) is 23.5 Å². The van der Waals surface area contributed by atoms with Crippen LogP contribution in [0.1, 0.15) is 52.8 Å². The molecule has 0 radical (unpaired) electrons. The normalized spacial score (nSPS) is 18.4. The lowest BCUT2D eigenvalue weighted by molar-refractivity contribution is 0.0728. The largest absolute Gasteiger partial charge is 0.345 e. The summed E-state index contributed by atoms with van der Waals surface area (Å²) in [5, 5.41) is 0.666. The number of rotatable bonds is 4. The number of fused-ring (bicyclic) bond motifs is 1. The van der Waals surface area contributed by atoms with Crippen molar-refractivity contribution in [3.05, 3.63) is 52.2 Å². The number of thiazole rings is 1. The number of likely N-dealkylation sites (tertiary alicyclic amines) is 1. The third-order valence-corrected chi connectivity index (χ3v) is 10.2. The molecular formula is C25H30N4O3S2. The summed E-state index contributed by atoms with van der Waals surface area (Å²) >= 11 is 1.35. The Labute approximate surface area is 205 Å². The number of sulfonamides is 1. The fourth-order valence-corrected chi connectivity index (χ4v) is 8.15. The summed E-state index contributed by atoms with van der Waals surface area (Å²) in [6, 6.07) is 9.25. The van der Waals surface area contributed by atoms with Gasteiger partial charge in [0.15, 0.2) is 0 Å². The van der Waals surface area contributed by atoms with E-state index in [2.05, 4.69) is 4.98 Å². The molecule has 4 heterocycles. The Balaban J connectivity index is 1.52. The lowest BCUT2D eigenvalue weighted by Crippen LogP contribution is -2.35. The van der Waals surface area contributed by atoms with Gasteiger partial charge in [-0.25, -0.2) is 13.4 Å². The summed E-state index contributed by atoms with van der Waals surface area (Å²) < 4.78 is 31.1. The number of aryl methyl sites for hydroxylation is 1. The zero-order chi connectivity index (χ0) is 24.2. The molecule has 1 saturated heterocycles. The number of piperidine rings is 1. The number of aromatic nitrogens is 2. The second kappa shape index (κ2) is 8.53. The van der Waals surface area contributed by atoms with E-state index in [1.54, 1.807) is 10.4 Å². The first-order chi connectivity index (χ1) is 16.2. The van der Waals surface area contributed by atoms with Crippen LogP contribution in [-0.4, -0.2) is 47.9 Å². The lowest BCUT2D eigenvalue weighted by Gasteiger charge is -2.26. The molecule has 0 spiro atoms. The van der Waals surface area contributed by atoms with Crippen molar-refractivity contribution < 1.29 is 13.2 Å². The number of carbonyl (C=O) groups excluding carboxylic acids is 1. The van der Waals surface area contributed by atoms with Gasteiger partial charge in [0.2, 0.25) is 0 Å². The van der Waals surface area contributed by atoms with Gasteiger partial charge < -0.3 is 9.47 Å². The minimum Gasteiger partial charge on any atom is -0.345 e. The number of benzene rings is 1. The van der Waals surface area contributed by atoms with E-state index in [1.807, 2.05) is 61.6 Å². The average molecular weight is 499 g/mol. The SMILES string of the molecule is Cc1nc(-c2cc(S(=O)(=O)N3c4ccccc4CC3C)c(C)n2C)sc1C(=O)N1CCCCC1. The van der Waals surface area contributed by atoms with Crippen molar-refractivity contribution >= 4 is 33.0 Å². The molecular weight excluding hydrogens is 468 g/mol. The van der Waals surface area contributed by atoms with Crippen molar-refractivity contribution in [3.8, 4) is 10.7 Å². The molecule has 0 saturated carbocycles. The fraction of sp³-hybridized carbons (Fsp3) is 0.440. The Morgan fingerprint density at radius 3 is 2.56 bits per heavy atom. The first-order valence-electron chi connectivity index (χ1n) is 11.8. The highest BCUT2D eigenvalue weighted by atomic mass is 32.2. The minimum absolute atomic E-state index is 0.0298. The molecule has 1 unspecified atom stereocenters. The van der Waals surface area contributed by atoms with Crippen LogP contribution >= 0.6 is 11.3 Å². The van der Waals surface area contributed by atoms with Gasteiger partial charge in [-0.05, 0) is 64.2 Å². The maximum Gasteiger partial charge on any atom is 0.266 e. The van der Waals surface area contributed by atoms with Gasteiger partial charge in [0.05, 0.1) is 17.1 Å². The van der Waals surface area contributed by atoms with Crippen molar-refractivity contribution in [2.45, 2.75) is 57.4 Å². The third kappa shape index (κ3) is 3.65. The predicted molar refractivity (Wildman–Crippen MR) is 135 cm³/mol. The highest BCUT2D eigenvalue weighted by molar-refractivity contribution is 7.93. The minimum atomic E-state index is -3.76. The lowest BCUT2D eigenvalue weighted by atomic mass is 10.1. The molecule has 0 N–H and O–H groups in total. The molecule has 180 valence electrons. The molecule has 1 atom stereocenters. The van der Waals surface area contributed by atoms with E-state index in [-0.39, 0.29) is 16.8 Å². The standard InChI is InChI=1S/C25H30N4O3S2/c1-16-14-19-10-6-7-11-20(19)29(16)34(31,32)22-15-21(27(4)18(22)3)24-26-17(2)23(33-24)25(30)28-12-8-5-9-13-28/h6-7,10-11,15-16H,5,8-9,12-14H2,1-4H3. The van der Waals surface area contributed by atoms with Crippen LogP contribution in [0.5, 0.6) is 0 Å². The van der Waals surface area contributed by atoms with Crippen molar-refractivity contribution in [2.24, 2.45) is 7.05 Å². The van der Waals surface area contributed by atoms with Crippen molar-refractivity contribution in [1.29, 1.82) is 0 Å². The topological polar surface area (TPSA) is 75.5 Å². The van der Waals surface area contributed by atoms with Gasteiger partial charge in [-0.15, -0.1) is 11.3 Å². The van der Waals surface area contributed by atoms with Gasteiger partial charge in [0.1, 0.15) is 14.8 Å². The van der Waals surface area contributed by atoms with Gasteiger partial charge in [-0.3, -0.25) is 9.10 Å². The number of nitrogens with zero attached hydrogens (tertiary/aromatic N) is 4. The smallest absolute Gasteiger partial charge is 0.266 e. The van der Waals surface area contributed by atoms with E-state index < -0.39 is 10.0 Å². The Bertz CT molecular complexity index is 1370. The van der Waals surface area contributed by atoms with E-state index in [0.717, 1.165) is 43.6 Å². The van der Waals surface area contributed by atoms with Crippen molar-refractivity contribution in [1.82, 2.24) is 14.5 Å². The molecule has 2 aromatic heterocycles. The summed E-state index contributed by atoms with van der Waals surface area (Å²) in [6.45, 7) is 7.19. The van der Waals surface area contributed by atoms with Crippen LogP contribution in [0, 0.1) is 13.8 Å². The van der Waals surface area contributed by atoms with E-state index >= 15 is 0 Å². The van der Waals surface area contributed by atoms with E-state index in [1.165, 1.54) is 11.3 Å². The van der Waals surface area contributed by atoms with E-state index in [9.17, 15) is 13.2 Å². The quantitative estimate of drug-likeness (QED) is 0.530. The number of hydrogen-bond donors (Lipinski definition) is 0. The Hall–Kier alpha value is -2.65. The molecule has 3 aromatic rings. The van der Waals surface area contributed by atoms with Crippen LogP contribution in [0.2, 0.25) is 0 Å². The van der Waals surface area contributed by atoms with Crippen LogP contribution < -0.4 is 4.31 Å². The first-order valence-corrected chi connectivity index (χ1v) is 14.0.